The van der Waals surface area contributed by atoms with Crippen LogP contribution in [0.3, 0.4) is 0 Å². The molecule has 0 aromatic carbocycles. The van der Waals surface area contributed by atoms with E-state index in [1.807, 2.05) is 16.8 Å². The van der Waals surface area contributed by atoms with Gasteiger partial charge in [0.25, 0.3) is 5.91 Å². The molecule has 0 saturated carbocycles. The summed E-state index contributed by atoms with van der Waals surface area (Å²) in [6.07, 6.45) is 2.15. The number of aliphatic hydroxyl groups is 1. The molecule has 5 nitrogen and oxygen atoms in total. The average Bonchev–Trinajstić information content (AvgIpc) is 2.90. The predicted octanol–water partition coefficient (Wildman–Crippen LogP) is 1.00. The van der Waals surface area contributed by atoms with Gasteiger partial charge in [-0.1, -0.05) is 0 Å². The summed E-state index contributed by atoms with van der Waals surface area (Å²) < 4.78 is 0. The molecule has 1 atom stereocenters. The third kappa shape index (κ3) is 3.08. The van der Waals surface area contributed by atoms with Crippen LogP contribution in [0.4, 0.5) is 0 Å². The zero-order chi connectivity index (χ0) is 12.1. The first kappa shape index (κ1) is 11.7. The smallest absolute Gasteiger partial charge is 0.253 e. The van der Waals surface area contributed by atoms with Gasteiger partial charge in [0.2, 0.25) is 0 Å². The molecule has 6 heteroatoms. The van der Waals surface area contributed by atoms with E-state index in [0.29, 0.717) is 5.56 Å². The van der Waals surface area contributed by atoms with Crippen LogP contribution in [0.2, 0.25) is 0 Å². The van der Waals surface area contributed by atoms with Crippen molar-refractivity contribution >= 4 is 17.2 Å². The topological polar surface area (TPSA) is 75.1 Å². The second kappa shape index (κ2) is 5.51. The molecule has 0 radical (unpaired) electrons. The monoisotopic (exact) mass is 249 g/mol. The highest BCUT2D eigenvalue weighted by molar-refractivity contribution is 7.07. The molecule has 2 heterocycles. The summed E-state index contributed by atoms with van der Waals surface area (Å²) in [7, 11) is 0. The molecule has 0 saturated heterocycles. The fraction of sp³-hybridized carbons (Fsp3) is 0.182. The van der Waals surface area contributed by atoms with Crippen LogP contribution in [0, 0.1) is 0 Å². The highest BCUT2D eigenvalue weighted by Crippen LogP contribution is 2.15. The van der Waals surface area contributed by atoms with Gasteiger partial charge in [0.05, 0.1) is 24.1 Å². The van der Waals surface area contributed by atoms with Crippen LogP contribution >= 0.6 is 11.3 Å². The molecule has 2 aromatic heterocycles. The summed E-state index contributed by atoms with van der Waals surface area (Å²) >= 11 is 1.51. The first-order valence-corrected chi connectivity index (χ1v) is 5.96. The Morgan fingerprint density at radius 3 is 3.00 bits per heavy atom. The number of carbonyl (C=O) groups excluding carboxylic acids is 1. The Bertz CT molecular complexity index is 473. The first-order valence-electron chi connectivity index (χ1n) is 5.02. The standard InChI is InChI=1S/C11H11N3O2S/c15-10(9-2-4-17-7-9)6-12-11(16)8-1-3-13-14-5-8/h1-5,7,10,15H,6H2,(H,12,16). The Labute approximate surface area is 102 Å². The lowest BCUT2D eigenvalue weighted by Gasteiger charge is -2.10. The fourth-order valence-corrected chi connectivity index (χ4v) is 2.01. The van der Waals surface area contributed by atoms with Crippen LogP contribution in [-0.2, 0) is 0 Å². The van der Waals surface area contributed by atoms with E-state index >= 15 is 0 Å². The van der Waals surface area contributed by atoms with Gasteiger partial charge in [-0.3, -0.25) is 4.79 Å². The normalized spacial score (nSPS) is 12.1. The first-order chi connectivity index (χ1) is 8.27. The van der Waals surface area contributed by atoms with Gasteiger partial charge in [0, 0.05) is 6.54 Å². The minimum atomic E-state index is -0.681. The van der Waals surface area contributed by atoms with Gasteiger partial charge in [-0.05, 0) is 28.5 Å². The molecule has 88 valence electrons. The van der Waals surface area contributed by atoms with Gasteiger partial charge >= 0.3 is 0 Å². The molecule has 0 aliphatic heterocycles. The van der Waals surface area contributed by atoms with Crippen LogP contribution in [0.25, 0.3) is 0 Å². The Morgan fingerprint density at radius 1 is 1.47 bits per heavy atom. The maximum absolute atomic E-state index is 11.6. The Morgan fingerprint density at radius 2 is 2.35 bits per heavy atom. The van der Waals surface area contributed by atoms with E-state index in [4.69, 9.17) is 0 Å². The summed E-state index contributed by atoms with van der Waals surface area (Å²) in [6, 6.07) is 3.40. The van der Waals surface area contributed by atoms with E-state index in [-0.39, 0.29) is 12.5 Å². The van der Waals surface area contributed by atoms with Gasteiger partial charge in [-0.15, -0.1) is 0 Å². The van der Waals surface area contributed by atoms with Crippen molar-refractivity contribution in [2.45, 2.75) is 6.10 Å². The van der Waals surface area contributed by atoms with E-state index in [0.717, 1.165) is 5.56 Å². The predicted molar refractivity (Wildman–Crippen MR) is 63.6 cm³/mol. The molecule has 0 bridgehead atoms. The van der Waals surface area contributed by atoms with E-state index in [2.05, 4.69) is 15.5 Å². The second-order valence-corrected chi connectivity index (χ2v) is 4.19. The molecule has 0 aliphatic rings. The van der Waals surface area contributed by atoms with Gasteiger partial charge in [-0.2, -0.15) is 21.5 Å². The lowest BCUT2D eigenvalue weighted by Crippen LogP contribution is -2.28. The SMILES string of the molecule is O=C(NCC(O)c1ccsc1)c1ccnnc1. The summed E-state index contributed by atoms with van der Waals surface area (Å²) in [6.45, 7) is 0.178. The molecule has 2 N–H and O–H groups in total. The second-order valence-electron chi connectivity index (χ2n) is 3.41. The number of carbonyl (C=O) groups is 1. The summed E-state index contributed by atoms with van der Waals surface area (Å²) in [5, 5.41) is 23.3. The molecular weight excluding hydrogens is 238 g/mol. The highest BCUT2D eigenvalue weighted by atomic mass is 32.1. The maximum Gasteiger partial charge on any atom is 0.253 e. The lowest BCUT2D eigenvalue weighted by atomic mass is 10.2. The zero-order valence-electron chi connectivity index (χ0n) is 8.91. The molecule has 1 unspecified atom stereocenters. The van der Waals surface area contributed by atoms with Crippen molar-refractivity contribution in [3.63, 3.8) is 0 Å². The van der Waals surface area contributed by atoms with Crippen LogP contribution in [0.15, 0.2) is 35.3 Å². The molecular formula is C11H11N3O2S. The van der Waals surface area contributed by atoms with Crippen molar-refractivity contribution in [3.8, 4) is 0 Å². The third-order valence-corrected chi connectivity index (χ3v) is 2.93. The summed E-state index contributed by atoms with van der Waals surface area (Å²) in [5.41, 5.74) is 1.24. The highest BCUT2D eigenvalue weighted by Gasteiger charge is 2.10. The zero-order valence-corrected chi connectivity index (χ0v) is 9.72. The van der Waals surface area contributed by atoms with E-state index < -0.39 is 6.10 Å². The number of rotatable bonds is 4. The van der Waals surface area contributed by atoms with E-state index in [1.165, 1.54) is 23.7 Å². The molecule has 0 fully saturated rings. The number of nitrogens with one attached hydrogen (secondary N) is 1. The van der Waals surface area contributed by atoms with Crippen LogP contribution in [-0.4, -0.2) is 27.8 Å². The van der Waals surface area contributed by atoms with Crippen molar-refractivity contribution in [1.82, 2.24) is 15.5 Å². The summed E-state index contributed by atoms with van der Waals surface area (Å²) in [4.78, 5) is 11.6. The molecule has 2 aromatic rings. The van der Waals surface area contributed by atoms with Crippen molar-refractivity contribution in [2.75, 3.05) is 6.54 Å². The number of hydrogen-bond acceptors (Lipinski definition) is 5. The van der Waals surface area contributed by atoms with Crippen molar-refractivity contribution in [1.29, 1.82) is 0 Å². The number of nitrogens with zero attached hydrogens (tertiary/aromatic N) is 2. The van der Waals surface area contributed by atoms with E-state index in [9.17, 15) is 9.90 Å². The Kier molecular flexibility index (Phi) is 3.79. The van der Waals surface area contributed by atoms with Crippen molar-refractivity contribution in [3.05, 3.63) is 46.4 Å². The third-order valence-electron chi connectivity index (χ3n) is 2.23. The number of amides is 1. The molecule has 1 amide bonds. The van der Waals surface area contributed by atoms with Gasteiger partial charge in [-0.25, -0.2) is 0 Å². The van der Waals surface area contributed by atoms with Crippen LogP contribution in [0.1, 0.15) is 22.0 Å². The van der Waals surface area contributed by atoms with Crippen LogP contribution < -0.4 is 5.32 Å². The van der Waals surface area contributed by atoms with Crippen LogP contribution in [0.5, 0.6) is 0 Å². The number of aliphatic hydroxyl groups excluding tert-OH is 1. The van der Waals surface area contributed by atoms with Gasteiger partial charge in [0.15, 0.2) is 0 Å². The largest absolute Gasteiger partial charge is 0.387 e. The van der Waals surface area contributed by atoms with Gasteiger partial charge in [0.1, 0.15) is 0 Å². The minimum absolute atomic E-state index is 0.178. The number of aromatic nitrogens is 2. The van der Waals surface area contributed by atoms with Crippen molar-refractivity contribution in [2.24, 2.45) is 0 Å². The van der Waals surface area contributed by atoms with Crippen molar-refractivity contribution < 1.29 is 9.90 Å². The minimum Gasteiger partial charge on any atom is -0.387 e. The number of hydrogen-bond donors (Lipinski definition) is 2. The molecule has 0 spiro atoms. The molecule has 0 aliphatic carbocycles. The average molecular weight is 249 g/mol. The maximum atomic E-state index is 11.6. The number of thiophene rings is 1. The van der Waals surface area contributed by atoms with Gasteiger partial charge < -0.3 is 10.4 Å². The molecule has 17 heavy (non-hydrogen) atoms. The van der Waals surface area contributed by atoms with E-state index in [1.54, 1.807) is 6.07 Å². The Balaban J connectivity index is 1.89. The fourth-order valence-electron chi connectivity index (χ4n) is 1.30. The Hall–Kier alpha value is -1.79. The lowest BCUT2D eigenvalue weighted by molar-refractivity contribution is 0.0916. The quantitative estimate of drug-likeness (QED) is 0.847. The molecule has 2 rings (SSSR count). The summed E-state index contributed by atoms with van der Waals surface area (Å²) in [5.74, 6) is -0.269.